The van der Waals surface area contributed by atoms with Gasteiger partial charge in [-0.15, -0.1) is 0 Å². The highest BCUT2D eigenvalue weighted by atomic mass is 15.3. The monoisotopic (exact) mass is 445 g/mol. The fourth-order valence-corrected chi connectivity index (χ4v) is 6.60. The minimum Gasteiger partial charge on any atom is -0.369 e. The molecule has 4 aliphatic heterocycles. The van der Waals surface area contributed by atoms with Crippen molar-refractivity contribution < 1.29 is 0 Å². The number of nitrogens with zero attached hydrogens (tertiary/aromatic N) is 5. The normalized spacial score (nSPS) is 28.5. The van der Waals surface area contributed by atoms with Gasteiger partial charge in [0, 0.05) is 81.7 Å². The third-order valence-corrected chi connectivity index (χ3v) is 9.00. The molecule has 0 radical (unpaired) electrons. The first-order valence-electron chi connectivity index (χ1n) is 12.8. The number of hydrogen-bond acceptors (Lipinski definition) is 5. The molecular formula is C28H39N5. The molecule has 0 saturated carbocycles. The molecule has 5 heteroatoms. The summed E-state index contributed by atoms with van der Waals surface area (Å²) in [6.07, 6.45) is 1.12. The predicted octanol–water partition coefficient (Wildman–Crippen LogP) is 3.25. The highest BCUT2D eigenvalue weighted by Crippen LogP contribution is 2.50. The Morgan fingerprint density at radius 3 is 1.79 bits per heavy atom. The zero-order valence-corrected chi connectivity index (χ0v) is 20.8. The van der Waals surface area contributed by atoms with Gasteiger partial charge in [0.25, 0.3) is 0 Å². The predicted molar refractivity (Wildman–Crippen MR) is 138 cm³/mol. The lowest BCUT2D eigenvalue weighted by molar-refractivity contribution is 0.160. The van der Waals surface area contributed by atoms with E-state index in [2.05, 4.69) is 89.0 Å². The van der Waals surface area contributed by atoms with Gasteiger partial charge in [-0.25, -0.2) is 0 Å². The zero-order chi connectivity index (χ0) is 22.7. The van der Waals surface area contributed by atoms with Crippen molar-refractivity contribution in [3.05, 3.63) is 58.7 Å². The second kappa shape index (κ2) is 8.30. The number of fused-ring (bicyclic) bond motifs is 1. The Labute approximate surface area is 199 Å². The second-order valence-electron chi connectivity index (χ2n) is 10.9. The third kappa shape index (κ3) is 3.65. The molecule has 5 nitrogen and oxygen atoms in total. The van der Waals surface area contributed by atoms with Crippen molar-refractivity contribution in [3.63, 3.8) is 0 Å². The maximum Gasteiger partial charge on any atom is 0.0391 e. The Bertz CT molecular complexity index is 1020. The van der Waals surface area contributed by atoms with Gasteiger partial charge in [-0.1, -0.05) is 12.1 Å². The van der Waals surface area contributed by atoms with Crippen molar-refractivity contribution in [3.8, 4) is 0 Å². The molecule has 2 bridgehead atoms. The van der Waals surface area contributed by atoms with E-state index in [4.69, 9.17) is 0 Å². The fourth-order valence-electron chi connectivity index (χ4n) is 6.60. The third-order valence-electron chi connectivity index (χ3n) is 9.00. The van der Waals surface area contributed by atoms with E-state index in [1.165, 1.54) is 11.4 Å². The van der Waals surface area contributed by atoms with Gasteiger partial charge >= 0.3 is 0 Å². The van der Waals surface area contributed by atoms with E-state index < -0.39 is 0 Å². The molecule has 4 heterocycles. The molecule has 33 heavy (non-hydrogen) atoms. The van der Waals surface area contributed by atoms with Crippen molar-refractivity contribution in [1.82, 2.24) is 14.7 Å². The minimum absolute atomic E-state index is 0.443. The maximum absolute atomic E-state index is 2.64. The number of likely N-dealkylation sites (N-methyl/N-ethyl adjacent to an activating group) is 3. The first-order chi connectivity index (χ1) is 16.0. The highest BCUT2D eigenvalue weighted by molar-refractivity contribution is 5.61. The summed E-state index contributed by atoms with van der Waals surface area (Å²) in [7, 11) is 6.81. The van der Waals surface area contributed by atoms with E-state index in [-0.39, 0.29) is 0 Å². The van der Waals surface area contributed by atoms with Gasteiger partial charge in [0.15, 0.2) is 0 Å². The number of rotatable bonds is 2. The highest BCUT2D eigenvalue weighted by Gasteiger charge is 2.42. The lowest BCUT2D eigenvalue weighted by Crippen LogP contribution is -2.45. The molecule has 7 rings (SSSR count). The smallest absolute Gasteiger partial charge is 0.0391 e. The van der Waals surface area contributed by atoms with Crippen molar-refractivity contribution >= 4 is 11.4 Å². The average molecular weight is 446 g/mol. The molecule has 5 aliphatic rings. The van der Waals surface area contributed by atoms with Gasteiger partial charge < -0.3 is 19.6 Å². The van der Waals surface area contributed by atoms with E-state index in [9.17, 15) is 0 Å². The molecule has 0 aromatic heterocycles. The summed E-state index contributed by atoms with van der Waals surface area (Å²) >= 11 is 0. The Morgan fingerprint density at radius 1 is 0.636 bits per heavy atom. The van der Waals surface area contributed by atoms with Crippen LogP contribution in [0.2, 0.25) is 0 Å². The van der Waals surface area contributed by atoms with Crippen LogP contribution in [0.15, 0.2) is 36.4 Å². The molecule has 1 aliphatic carbocycles. The molecule has 0 spiro atoms. The minimum atomic E-state index is 0.443. The molecule has 2 aromatic carbocycles. The first kappa shape index (κ1) is 21.5. The number of benzene rings is 2. The number of hydrogen-bond donors (Lipinski definition) is 0. The summed E-state index contributed by atoms with van der Waals surface area (Å²) in [6, 6.07) is 15.8. The Balaban J connectivity index is 1.40. The van der Waals surface area contributed by atoms with E-state index in [1.807, 2.05) is 0 Å². The van der Waals surface area contributed by atoms with Crippen LogP contribution in [-0.4, -0.2) is 94.2 Å². The summed E-state index contributed by atoms with van der Waals surface area (Å²) in [6.45, 7) is 11.6. The standard InChI is InChI=1S/C28H39N5/c1-20-28-25-18-22(32-13-9-29(2)10-14-32)6-5-21(25)17-27(31(20)4)24-8-7-23(19-26(24)28)33-15-11-30(3)12-16-33/h5-8,18-20,27-28H,9-17H2,1-4H3/t20-,27+,28+/m1/s1. The van der Waals surface area contributed by atoms with Gasteiger partial charge in [0.05, 0.1) is 0 Å². The first-order valence-corrected chi connectivity index (χ1v) is 12.8. The van der Waals surface area contributed by atoms with E-state index in [0.717, 1.165) is 58.8 Å². The molecule has 2 fully saturated rings. The second-order valence-corrected chi connectivity index (χ2v) is 10.9. The van der Waals surface area contributed by atoms with Crippen LogP contribution in [0, 0.1) is 0 Å². The van der Waals surface area contributed by atoms with Gasteiger partial charge in [0.1, 0.15) is 0 Å². The van der Waals surface area contributed by atoms with Gasteiger partial charge in [-0.3, -0.25) is 4.90 Å². The van der Waals surface area contributed by atoms with Gasteiger partial charge in [-0.05, 0) is 81.0 Å². The van der Waals surface area contributed by atoms with Crippen LogP contribution in [0.3, 0.4) is 0 Å². The van der Waals surface area contributed by atoms with Crippen LogP contribution in [0.1, 0.15) is 41.1 Å². The fraction of sp³-hybridized carbons (Fsp3) is 0.571. The van der Waals surface area contributed by atoms with E-state index in [1.54, 1.807) is 22.3 Å². The Hall–Kier alpha value is -2.08. The topological polar surface area (TPSA) is 16.2 Å². The van der Waals surface area contributed by atoms with Crippen LogP contribution in [0.25, 0.3) is 0 Å². The number of anilines is 2. The maximum atomic E-state index is 2.64. The molecule has 0 N–H and O–H groups in total. The molecule has 2 saturated heterocycles. The summed E-state index contributed by atoms with van der Waals surface area (Å²) in [4.78, 5) is 12.7. The van der Waals surface area contributed by atoms with Crippen molar-refractivity contribution in [2.24, 2.45) is 0 Å². The molecule has 0 amide bonds. The van der Waals surface area contributed by atoms with Gasteiger partial charge in [-0.2, -0.15) is 0 Å². The SMILES string of the molecule is C[C@@H]1[C@H]2c3cc(N4CCN(C)CC4)ccc3C[C@@H](c3ccc(N4CCN(C)CC4)cc32)N1C. The Kier molecular flexibility index (Phi) is 5.39. The van der Waals surface area contributed by atoms with Gasteiger partial charge in [0.2, 0.25) is 0 Å². The molecular weight excluding hydrogens is 406 g/mol. The van der Waals surface area contributed by atoms with Crippen LogP contribution in [0.4, 0.5) is 11.4 Å². The van der Waals surface area contributed by atoms with Crippen LogP contribution in [0.5, 0.6) is 0 Å². The molecule has 176 valence electrons. The Morgan fingerprint density at radius 2 is 1.18 bits per heavy atom. The molecule has 3 atom stereocenters. The molecule has 0 unspecified atom stereocenters. The van der Waals surface area contributed by atoms with Crippen LogP contribution >= 0.6 is 0 Å². The van der Waals surface area contributed by atoms with E-state index in [0.29, 0.717) is 18.0 Å². The lowest BCUT2D eigenvalue weighted by Gasteiger charge is -2.43. The lowest BCUT2D eigenvalue weighted by atomic mass is 9.79. The number of piperazine rings is 2. The van der Waals surface area contributed by atoms with Crippen molar-refractivity contribution in [2.75, 3.05) is 83.3 Å². The zero-order valence-electron chi connectivity index (χ0n) is 20.8. The summed E-state index contributed by atoms with van der Waals surface area (Å²) in [5.41, 5.74) is 9.09. The average Bonchev–Trinajstić information content (AvgIpc) is 3.03. The molecule has 2 aromatic rings. The van der Waals surface area contributed by atoms with Crippen LogP contribution < -0.4 is 9.80 Å². The van der Waals surface area contributed by atoms with Crippen molar-refractivity contribution in [1.29, 1.82) is 0 Å². The summed E-state index contributed by atoms with van der Waals surface area (Å²) in [5.74, 6) is 0.443. The largest absolute Gasteiger partial charge is 0.369 e. The van der Waals surface area contributed by atoms with Crippen molar-refractivity contribution in [2.45, 2.75) is 31.3 Å². The quantitative estimate of drug-likeness (QED) is 0.703. The van der Waals surface area contributed by atoms with E-state index >= 15 is 0 Å². The summed E-state index contributed by atoms with van der Waals surface area (Å²) < 4.78 is 0. The van der Waals surface area contributed by atoms with Crippen LogP contribution in [-0.2, 0) is 6.42 Å². The summed E-state index contributed by atoms with van der Waals surface area (Å²) in [5, 5.41) is 0.